The first-order valence-electron chi connectivity index (χ1n) is 2.46. The van der Waals surface area contributed by atoms with Crippen LogP contribution in [0, 0.1) is 0 Å². The van der Waals surface area contributed by atoms with E-state index in [9.17, 15) is 9.59 Å². The van der Waals surface area contributed by atoms with Gasteiger partial charge in [-0.15, -0.1) is 0 Å². The summed E-state index contributed by atoms with van der Waals surface area (Å²) in [6, 6.07) is -2.26. The fourth-order valence-electron chi connectivity index (χ4n) is 0.305. The van der Waals surface area contributed by atoms with Gasteiger partial charge in [-0.05, 0) is 0 Å². The third-order valence-corrected chi connectivity index (χ3v) is 1.01. The van der Waals surface area contributed by atoms with Gasteiger partial charge in [-0.1, -0.05) is 0 Å². The first kappa shape index (κ1) is 9.82. The van der Waals surface area contributed by atoms with Crippen LogP contribution >= 0.6 is 0 Å². The maximum Gasteiger partial charge on any atom is 0.366 e. The van der Waals surface area contributed by atoms with Gasteiger partial charge in [-0.3, -0.25) is 4.79 Å². The molecule has 11 heavy (non-hydrogen) atoms. The largest absolute Gasteiger partial charge is 0.480 e. The summed E-state index contributed by atoms with van der Waals surface area (Å²) in [5.41, 5.74) is 4.61. The second kappa shape index (κ2) is 2.82. The van der Waals surface area contributed by atoms with Gasteiger partial charge in [0.15, 0.2) is 6.04 Å². The average molecular weight is 165 g/mol. The summed E-state index contributed by atoms with van der Waals surface area (Å²) in [5.74, 6) is -7.34. The summed E-state index contributed by atoms with van der Waals surface area (Å²) >= 11 is 0. The van der Waals surface area contributed by atoms with Crippen LogP contribution in [0.2, 0.25) is 0 Å². The van der Waals surface area contributed by atoms with E-state index in [1.807, 2.05) is 0 Å². The number of carboxylic acids is 2. The molecule has 0 radical (unpaired) electrons. The molecule has 0 aliphatic rings. The molecular formula is C4H7NO6. The third kappa shape index (κ3) is 1.87. The van der Waals surface area contributed by atoms with Crippen LogP contribution < -0.4 is 5.73 Å². The van der Waals surface area contributed by atoms with Crippen molar-refractivity contribution in [2.45, 2.75) is 11.8 Å². The van der Waals surface area contributed by atoms with Crippen molar-refractivity contribution in [1.29, 1.82) is 0 Å². The fourth-order valence-corrected chi connectivity index (χ4v) is 0.305. The normalized spacial score (nSPS) is 14.1. The maximum absolute atomic E-state index is 9.94. The topological polar surface area (TPSA) is 141 Å². The Kier molecular flexibility index (Phi) is 2.52. The number of carboxylic acid groups (broad SMARTS) is 2. The smallest absolute Gasteiger partial charge is 0.366 e. The van der Waals surface area contributed by atoms with Crippen LogP contribution in [0.25, 0.3) is 0 Å². The Morgan fingerprint density at radius 2 is 1.64 bits per heavy atom. The van der Waals surface area contributed by atoms with Gasteiger partial charge < -0.3 is 26.2 Å². The van der Waals surface area contributed by atoms with E-state index in [4.69, 9.17) is 20.4 Å². The molecule has 0 bridgehead atoms. The van der Waals surface area contributed by atoms with Crippen LogP contribution in [0.5, 0.6) is 0 Å². The molecular weight excluding hydrogens is 158 g/mol. The zero-order valence-electron chi connectivity index (χ0n) is 5.26. The van der Waals surface area contributed by atoms with E-state index in [2.05, 4.69) is 5.73 Å². The van der Waals surface area contributed by atoms with Crippen molar-refractivity contribution in [2.24, 2.45) is 5.73 Å². The van der Waals surface area contributed by atoms with E-state index in [0.29, 0.717) is 0 Å². The molecule has 7 nitrogen and oxygen atoms in total. The van der Waals surface area contributed by atoms with Gasteiger partial charge in [0.1, 0.15) is 0 Å². The van der Waals surface area contributed by atoms with Crippen LogP contribution in [0.3, 0.4) is 0 Å². The summed E-state index contributed by atoms with van der Waals surface area (Å²) < 4.78 is 0. The average Bonchev–Trinajstić information content (AvgIpc) is 1.85. The minimum Gasteiger partial charge on any atom is -0.480 e. The van der Waals surface area contributed by atoms with Gasteiger partial charge in [0.2, 0.25) is 0 Å². The number of aliphatic hydroxyl groups is 2. The van der Waals surface area contributed by atoms with Gasteiger partial charge >= 0.3 is 11.9 Å². The molecule has 0 spiro atoms. The number of aliphatic carboxylic acids is 2. The second-order valence-corrected chi connectivity index (χ2v) is 1.85. The van der Waals surface area contributed by atoms with E-state index in [-0.39, 0.29) is 0 Å². The molecule has 0 aromatic rings. The Morgan fingerprint density at radius 3 is 1.73 bits per heavy atom. The highest BCUT2D eigenvalue weighted by molar-refractivity contribution is 5.86. The molecule has 0 saturated carbocycles. The zero-order valence-corrected chi connectivity index (χ0v) is 5.26. The number of hydrogen-bond donors (Lipinski definition) is 5. The molecule has 1 atom stereocenters. The van der Waals surface area contributed by atoms with E-state index in [0.717, 1.165) is 0 Å². The van der Waals surface area contributed by atoms with E-state index in [1.54, 1.807) is 0 Å². The maximum atomic E-state index is 9.94. The Hall–Kier alpha value is -1.18. The molecule has 0 fully saturated rings. The highest BCUT2D eigenvalue weighted by Gasteiger charge is 2.44. The molecule has 7 heteroatoms. The lowest BCUT2D eigenvalue weighted by molar-refractivity contribution is -0.213. The molecule has 64 valence electrons. The van der Waals surface area contributed by atoms with Crippen LogP contribution in [0.4, 0.5) is 0 Å². The predicted octanol–water partition coefficient (Wildman–Crippen LogP) is -2.84. The Balaban J connectivity index is 4.55. The van der Waals surface area contributed by atoms with E-state index < -0.39 is 23.8 Å². The Bertz CT molecular complexity index is 187. The summed E-state index contributed by atoms with van der Waals surface area (Å²) in [4.78, 5) is 19.9. The lowest BCUT2D eigenvalue weighted by Crippen LogP contribution is -2.57. The van der Waals surface area contributed by atoms with Crippen molar-refractivity contribution < 1.29 is 30.0 Å². The SMILES string of the molecule is NC(C(=O)O)C(O)(O)C(=O)O. The number of rotatable bonds is 3. The fraction of sp³-hybridized carbons (Fsp3) is 0.500. The van der Waals surface area contributed by atoms with E-state index >= 15 is 0 Å². The van der Waals surface area contributed by atoms with Crippen molar-refractivity contribution in [3.63, 3.8) is 0 Å². The molecule has 0 aromatic carbocycles. The van der Waals surface area contributed by atoms with Crippen LogP contribution in [-0.2, 0) is 9.59 Å². The van der Waals surface area contributed by atoms with Gasteiger partial charge in [0.25, 0.3) is 5.79 Å². The van der Waals surface area contributed by atoms with Crippen molar-refractivity contribution >= 4 is 11.9 Å². The molecule has 0 rings (SSSR count). The van der Waals surface area contributed by atoms with Gasteiger partial charge in [0.05, 0.1) is 0 Å². The lowest BCUT2D eigenvalue weighted by atomic mass is 10.1. The van der Waals surface area contributed by atoms with Gasteiger partial charge in [-0.2, -0.15) is 0 Å². The number of nitrogens with two attached hydrogens (primary N) is 1. The third-order valence-electron chi connectivity index (χ3n) is 1.01. The molecule has 0 aromatic heterocycles. The van der Waals surface area contributed by atoms with Crippen molar-refractivity contribution in [2.75, 3.05) is 0 Å². The lowest BCUT2D eigenvalue weighted by Gasteiger charge is -2.19. The molecule has 0 heterocycles. The monoisotopic (exact) mass is 165 g/mol. The van der Waals surface area contributed by atoms with Gasteiger partial charge in [-0.25, -0.2) is 4.79 Å². The molecule has 0 saturated heterocycles. The number of hydrogen-bond acceptors (Lipinski definition) is 5. The highest BCUT2D eigenvalue weighted by atomic mass is 16.5. The van der Waals surface area contributed by atoms with Crippen LogP contribution in [0.15, 0.2) is 0 Å². The molecule has 0 aliphatic carbocycles. The standard InChI is InChI=1S/C4H7NO6/c5-1(2(6)7)4(10,11)3(8)9/h1,10-11H,5H2,(H,6,7)(H,8,9). The van der Waals surface area contributed by atoms with Crippen LogP contribution in [-0.4, -0.2) is 44.2 Å². The van der Waals surface area contributed by atoms with Gasteiger partial charge in [0, 0.05) is 0 Å². The summed E-state index contributed by atoms with van der Waals surface area (Å²) in [6.45, 7) is 0. The van der Waals surface area contributed by atoms with Crippen LogP contribution in [0.1, 0.15) is 0 Å². The molecule has 6 N–H and O–H groups in total. The Labute approximate surface area is 60.7 Å². The summed E-state index contributed by atoms with van der Waals surface area (Å²) in [5, 5.41) is 33.0. The molecule has 0 amide bonds. The molecule has 0 aliphatic heterocycles. The van der Waals surface area contributed by atoms with Crippen molar-refractivity contribution in [1.82, 2.24) is 0 Å². The van der Waals surface area contributed by atoms with Crippen molar-refractivity contribution in [3.8, 4) is 0 Å². The van der Waals surface area contributed by atoms with Crippen molar-refractivity contribution in [3.05, 3.63) is 0 Å². The predicted molar refractivity (Wildman–Crippen MR) is 30.4 cm³/mol. The minimum atomic E-state index is -3.42. The highest BCUT2D eigenvalue weighted by Crippen LogP contribution is 2.04. The number of carbonyl (C=O) groups is 2. The Morgan fingerprint density at radius 1 is 1.27 bits per heavy atom. The molecule has 1 unspecified atom stereocenters. The first-order valence-corrected chi connectivity index (χ1v) is 2.46. The quantitative estimate of drug-likeness (QED) is 0.283. The summed E-state index contributed by atoms with van der Waals surface area (Å²) in [7, 11) is 0. The first-order chi connectivity index (χ1) is 4.80. The second-order valence-electron chi connectivity index (χ2n) is 1.85. The summed E-state index contributed by atoms with van der Waals surface area (Å²) in [6.07, 6.45) is 0. The minimum absolute atomic E-state index is 1.81. The zero-order chi connectivity index (χ0) is 9.23. The van der Waals surface area contributed by atoms with E-state index in [1.165, 1.54) is 0 Å².